The first-order valence-corrected chi connectivity index (χ1v) is 28.9. The number of aromatic amines is 2. The maximum Gasteiger partial charge on any atom is 0.296 e. The molecule has 0 unspecified atom stereocenters. The van der Waals surface area contributed by atoms with Crippen LogP contribution in [0.4, 0.5) is 0 Å². The molecule has 9 rings (SSSR count). The molecule has 2 aliphatic rings. The number of nitrogens with one attached hydrogen (secondary N) is 2. The Bertz CT molecular complexity index is 3700. The van der Waals surface area contributed by atoms with Gasteiger partial charge in [0.15, 0.2) is 0 Å². The van der Waals surface area contributed by atoms with Crippen LogP contribution in [-0.2, 0) is 66.2 Å². The monoisotopic (exact) mass is 1210 g/mol. The van der Waals surface area contributed by atoms with Crippen LogP contribution in [0.3, 0.4) is 0 Å². The highest BCUT2D eigenvalue weighted by Gasteiger charge is 2.32. The van der Waals surface area contributed by atoms with Gasteiger partial charge in [-0.25, -0.2) is 0 Å². The van der Waals surface area contributed by atoms with Gasteiger partial charge < -0.3 is 9.97 Å². The summed E-state index contributed by atoms with van der Waals surface area (Å²) >= 11 is 54.9. The van der Waals surface area contributed by atoms with Crippen molar-refractivity contribution in [2.75, 3.05) is 0 Å². The van der Waals surface area contributed by atoms with Gasteiger partial charge in [-0.1, -0.05) is 92.8 Å². The Morgan fingerprint density at radius 1 is 0.319 bits per heavy atom. The third-order valence-electron chi connectivity index (χ3n) is 11.7. The SMILES string of the molecule is O=S(=O)(O)c1ccc(Cl)c(-c2c3nc(c(-c4c(Cl)ccc(S(=O)(=O)O)c4Cl)c4ccc([nH]4)c(-c4c(Cl)ccc(S(=O)(=O)O)c4Cl)c4nc(c(-c5c(Cl)ccc(S(=O)(=O)O)c5Cl)c5ccc2[nH]5)CC4)CC3)c1Cl. The number of hydrogen-bond donors (Lipinski definition) is 6. The first-order chi connectivity index (χ1) is 33.6. The molecule has 0 fully saturated rings. The Labute approximate surface area is 448 Å². The molecule has 0 radical (unpaired) electrons. The van der Waals surface area contributed by atoms with Gasteiger partial charge in [0, 0.05) is 66.6 Å². The first-order valence-electron chi connectivity index (χ1n) is 20.2. The molecule has 0 saturated heterocycles. The van der Waals surface area contributed by atoms with Gasteiger partial charge in [-0.05, 0) is 98.5 Å². The summed E-state index contributed by atoms with van der Waals surface area (Å²) in [4.78, 5) is 13.6. The number of nitrogens with zero attached hydrogens (tertiary/aromatic N) is 2. The highest BCUT2D eigenvalue weighted by Crippen LogP contribution is 2.49. The molecule has 72 heavy (non-hydrogen) atoms. The predicted octanol–water partition coefficient (Wildman–Crippen LogP) is 12.8. The lowest BCUT2D eigenvalue weighted by Gasteiger charge is -2.13. The minimum atomic E-state index is -5.00. The molecular weight excluding hydrogens is 1190 g/mol. The molecule has 6 N–H and O–H groups in total. The van der Waals surface area contributed by atoms with Gasteiger partial charge in [0.05, 0.1) is 63.0 Å². The van der Waals surface area contributed by atoms with Crippen LogP contribution >= 0.6 is 92.8 Å². The summed E-state index contributed by atoms with van der Waals surface area (Å²) in [6.45, 7) is 0. The Morgan fingerprint density at radius 2 is 0.514 bits per heavy atom. The lowest BCUT2D eigenvalue weighted by Crippen LogP contribution is -2.01. The van der Waals surface area contributed by atoms with Crippen LogP contribution < -0.4 is 0 Å². The summed E-state index contributed by atoms with van der Waals surface area (Å²) in [5.41, 5.74) is 0.732. The van der Waals surface area contributed by atoms with E-state index in [9.17, 15) is 51.9 Å². The Morgan fingerprint density at radius 3 is 0.694 bits per heavy atom. The lowest BCUT2D eigenvalue weighted by atomic mass is 10.00. The Hall–Kier alpha value is -4.04. The maximum absolute atomic E-state index is 12.7. The first kappa shape index (κ1) is 52.8. The van der Waals surface area contributed by atoms with Crippen molar-refractivity contribution in [1.82, 2.24) is 19.9 Å². The molecule has 4 aromatic carbocycles. The average molecular weight is 1210 g/mol. The number of halogens is 8. The van der Waals surface area contributed by atoms with Gasteiger partial charge >= 0.3 is 0 Å². The van der Waals surface area contributed by atoms with E-state index in [0.717, 1.165) is 24.3 Å². The fourth-order valence-corrected chi connectivity index (χ4v) is 14.4. The van der Waals surface area contributed by atoms with E-state index in [0.29, 0.717) is 0 Å². The molecule has 0 saturated carbocycles. The molecule has 2 aliphatic heterocycles. The van der Waals surface area contributed by atoms with Crippen LogP contribution in [-0.4, -0.2) is 71.8 Å². The smallest absolute Gasteiger partial charge is 0.296 e. The molecule has 0 amide bonds. The van der Waals surface area contributed by atoms with E-state index in [1.807, 2.05) is 0 Å². The fraction of sp³-hybridized carbons (Fsp3) is 0.0909. The van der Waals surface area contributed by atoms with Gasteiger partial charge in [0.25, 0.3) is 40.5 Å². The van der Waals surface area contributed by atoms with Crippen molar-refractivity contribution in [3.63, 3.8) is 0 Å². The molecule has 3 aromatic heterocycles. The zero-order chi connectivity index (χ0) is 52.3. The van der Waals surface area contributed by atoms with Crippen LogP contribution in [0, 0.1) is 0 Å². The van der Waals surface area contributed by atoms with Crippen LogP contribution in [0.5, 0.6) is 0 Å². The van der Waals surface area contributed by atoms with E-state index in [1.54, 1.807) is 0 Å². The summed E-state index contributed by atoms with van der Waals surface area (Å²) in [5, 5.41) is -2.60. The summed E-state index contributed by atoms with van der Waals surface area (Å²) in [6, 6.07) is 14.7. The molecule has 0 spiro atoms. The fourth-order valence-electron chi connectivity index (χ4n) is 8.70. The van der Waals surface area contributed by atoms with Crippen molar-refractivity contribution in [3.05, 3.63) is 136 Å². The normalized spacial score (nSPS) is 13.5. The van der Waals surface area contributed by atoms with Crippen molar-refractivity contribution >= 4 is 155 Å². The number of aryl methyl sites for hydroxylation is 4. The Balaban J connectivity index is 1.59. The molecule has 28 heteroatoms. The average Bonchev–Trinajstić information content (AvgIpc) is 4.11. The molecule has 8 bridgehead atoms. The third-order valence-corrected chi connectivity index (χ3v) is 18.5. The molecule has 374 valence electrons. The zero-order valence-corrected chi connectivity index (χ0v) is 44.7. The molecule has 16 nitrogen and oxygen atoms in total. The molecule has 0 aliphatic carbocycles. The van der Waals surface area contributed by atoms with Crippen LogP contribution in [0.2, 0.25) is 40.2 Å². The van der Waals surface area contributed by atoms with E-state index in [1.165, 1.54) is 48.5 Å². The standard InChI is InChI=1S/C44H26Cl8N4O12S4/c45-17-1-13-29(69(57,58)59)41(49)33(17)37-21-5-7-23(53-21)38(34-18(46)2-14-30(42(34)50)70(60,61)62)25-9-11-27(55-25)40(36-20(48)4-16-32(44(36)52)72(66,67)68)28-12-10-26(56-28)39(24-8-6-22(37)54-24)35-19(47)3-15-31(43(35)51)71(63,64)65/h1-5,7,10,12-16,53,56H,6,8-9,11H2,(H,57,58,59)(H,60,61,62)(H,63,64,65)(H,66,67,68). The van der Waals surface area contributed by atoms with E-state index < -0.39 is 80.1 Å². The van der Waals surface area contributed by atoms with E-state index in [4.69, 9.17) is 103 Å². The van der Waals surface area contributed by atoms with Crippen molar-refractivity contribution in [2.24, 2.45) is 0 Å². The summed E-state index contributed by atoms with van der Waals surface area (Å²) in [5.74, 6) is 0. The number of fused-ring (bicyclic) bond motifs is 8. The molecule has 5 heterocycles. The van der Waals surface area contributed by atoms with Crippen LogP contribution in [0.1, 0.15) is 22.8 Å². The zero-order valence-electron chi connectivity index (χ0n) is 35.4. The minimum Gasteiger partial charge on any atom is -0.354 e. The van der Waals surface area contributed by atoms with E-state index in [-0.39, 0.29) is 135 Å². The molecule has 7 aromatic rings. The van der Waals surface area contributed by atoms with E-state index >= 15 is 0 Å². The number of benzene rings is 4. The topological polar surface area (TPSA) is 275 Å². The quantitative estimate of drug-likeness (QED) is 0.0772. The number of hydrogen-bond acceptors (Lipinski definition) is 10. The number of H-pyrrole nitrogens is 2. The van der Waals surface area contributed by atoms with Gasteiger partial charge in [0.1, 0.15) is 19.6 Å². The van der Waals surface area contributed by atoms with Crippen molar-refractivity contribution < 1.29 is 51.9 Å². The van der Waals surface area contributed by atoms with Crippen LogP contribution in [0.15, 0.2) is 92.4 Å². The number of aromatic nitrogens is 4. The van der Waals surface area contributed by atoms with Gasteiger partial charge in [-0.15, -0.1) is 0 Å². The summed E-state index contributed by atoms with van der Waals surface area (Å²) in [6.07, 6.45) is -0.0303. The Kier molecular flexibility index (Phi) is 13.9. The molecular formula is C44H26Cl8N4O12S4. The summed E-state index contributed by atoms with van der Waals surface area (Å²) < 4.78 is 143. The van der Waals surface area contributed by atoms with Gasteiger partial charge in [-0.2, -0.15) is 33.7 Å². The second kappa shape index (κ2) is 19.0. The maximum atomic E-state index is 12.7. The highest BCUT2D eigenvalue weighted by molar-refractivity contribution is 7.86. The highest BCUT2D eigenvalue weighted by atomic mass is 35.5. The summed E-state index contributed by atoms with van der Waals surface area (Å²) in [7, 11) is -20.0. The minimum absolute atomic E-state index is 0.00758. The van der Waals surface area contributed by atoms with E-state index in [2.05, 4.69) is 9.97 Å². The van der Waals surface area contributed by atoms with Crippen molar-refractivity contribution in [3.8, 4) is 44.5 Å². The largest absolute Gasteiger partial charge is 0.354 e. The second-order valence-corrected chi connectivity index (χ2v) is 24.6. The van der Waals surface area contributed by atoms with Crippen molar-refractivity contribution in [1.29, 1.82) is 0 Å². The third kappa shape index (κ3) is 9.41. The predicted molar refractivity (Wildman–Crippen MR) is 277 cm³/mol. The van der Waals surface area contributed by atoms with Gasteiger partial charge in [0.2, 0.25) is 0 Å². The lowest BCUT2D eigenvalue weighted by molar-refractivity contribution is 0.481. The number of rotatable bonds is 8. The van der Waals surface area contributed by atoms with Crippen LogP contribution in [0.25, 0.3) is 66.6 Å². The van der Waals surface area contributed by atoms with Gasteiger partial charge in [-0.3, -0.25) is 28.2 Å². The molecule has 0 atom stereocenters. The van der Waals surface area contributed by atoms with Crippen molar-refractivity contribution in [2.45, 2.75) is 45.3 Å². The second-order valence-electron chi connectivity index (χ2n) is 15.9.